The summed E-state index contributed by atoms with van der Waals surface area (Å²) >= 11 is 1.75. The van der Waals surface area contributed by atoms with Crippen molar-refractivity contribution in [2.75, 3.05) is 36.1 Å². The summed E-state index contributed by atoms with van der Waals surface area (Å²) in [5.41, 5.74) is 0. The van der Waals surface area contributed by atoms with E-state index >= 15 is 0 Å². The van der Waals surface area contributed by atoms with Gasteiger partial charge >= 0.3 is 0 Å². The minimum Gasteiger partial charge on any atom is -0.396 e. The van der Waals surface area contributed by atoms with Crippen LogP contribution in [0.1, 0.15) is 19.3 Å². The predicted molar refractivity (Wildman–Crippen MR) is 84.4 cm³/mol. The Morgan fingerprint density at radius 2 is 2.24 bits per heavy atom. The van der Waals surface area contributed by atoms with Gasteiger partial charge in [0, 0.05) is 37.8 Å². The number of carbonyl (C=O) groups is 1. The van der Waals surface area contributed by atoms with E-state index in [4.69, 9.17) is 5.11 Å². The fourth-order valence-electron chi connectivity index (χ4n) is 2.35. The first kappa shape index (κ1) is 16.0. The molecule has 1 aromatic heterocycles. The topological polar surface area (TPSA) is 78.4 Å². The van der Waals surface area contributed by atoms with Gasteiger partial charge in [-0.1, -0.05) is 0 Å². The molecule has 0 saturated carbocycles. The molecule has 21 heavy (non-hydrogen) atoms. The summed E-state index contributed by atoms with van der Waals surface area (Å²) in [6.07, 6.45) is 6.05. The lowest BCUT2D eigenvalue weighted by Crippen LogP contribution is -2.44. The second-order valence-electron chi connectivity index (χ2n) is 4.88. The van der Waals surface area contributed by atoms with Gasteiger partial charge in [0.25, 0.3) is 0 Å². The number of hydrogen-bond donors (Lipinski definition) is 2. The molecular formula is C14H22N4O2S. The van der Waals surface area contributed by atoms with E-state index in [1.807, 2.05) is 4.90 Å². The first-order valence-corrected chi connectivity index (χ1v) is 8.48. The molecule has 1 saturated heterocycles. The normalized spacial score (nSPS) is 18.0. The highest BCUT2D eigenvalue weighted by Gasteiger charge is 2.31. The van der Waals surface area contributed by atoms with E-state index in [0.29, 0.717) is 12.5 Å². The van der Waals surface area contributed by atoms with Crippen molar-refractivity contribution in [1.29, 1.82) is 0 Å². The van der Waals surface area contributed by atoms with Crippen molar-refractivity contribution in [2.45, 2.75) is 25.3 Å². The number of anilines is 1. The largest absolute Gasteiger partial charge is 0.396 e. The SMILES string of the molecule is O=C(NCCSCCCO)C1CCCN1c1ncccn1. The van der Waals surface area contributed by atoms with Gasteiger partial charge in [-0.15, -0.1) is 0 Å². The van der Waals surface area contributed by atoms with Crippen molar-refractivity contribution in [3.05, 3.63) is 18.5 Å². The van der Waals surface area contributed by atoms with Crippen molar-refractivity contribution in [1.82, 2.24) is 15.3 Å². The average Bonchev–Trinajstić information content (AvgIpc) is 3.01. The van der Waals surface area contributed by atoms with Crippen LogP contribution in [0.15, 0.2) is 18.5 Å². The van der Waals surface area contributed by atoms with Crippen LogP contribution in [-0.4, -0.2) is 58.2 Å². The van der Waals surface area contributed by atoms with Crippen LogP contribution in [0.5, 0.6) is 0 Å². The van der Waals surface area contributed by atoms with E-state index in [1.165, 1.54) is 0 Å². The summed E-state index contributed by atoms with van der Waals surface area (Å²) in [7, 11) is 0. The fraction of sp³-hybridized carbons (Fsp3) is 0.643. The van der Waals surface area contributed by atoms with Gasteiger partial charge in [-0.05, 0) is 31.1 Å². The molecule has 2 N–H and O–H groups in total. The molecule has 1 aliphatic heterocycles. The second-order valence-corrected chi connectivity index (χ2v) is 6.11. The maximum Gasteiger partial charge on any atom is 0.242 e. The number of carbonyl (C=O) groups excluding carboxylic acids is 1. The molecule has 0 spiro atoms. The standard InChI is InChI=1S/C14H22N4O2S/c19-9-3-10-21-11-7-15-13(20)12-4-1-8-18(12)14-16-5-2-6-17-14/h2,5-6,12,19H,1,3-4,7-11H2,(H,15,20). The predicted octanol–water partition coefficient (Wildman–Crippen LogP) is 0.677. The third-order valence-corrected chi connectivity index (χ3v) is 4.43. The number of nitrogens with zero attached hydrogens (tertiary/aromatic N) is 3. The monoisotopic (exact) mass is 310 g/mol. The van der Waals surface area contributed by atoms with E-state index in [0.717, 1.165) is 37.3 Å². The molecule has 116 valence electrons. The van der Waals surface area contributed by atoms with Crippen molar-refractivity contribution >= 4 is 23.6 Å². The average molecular weight is 310 g/mol. The van der Waals surface area contributed by atoms with E-state index < -0.39 is 0 Å². The highest BCUT2D eigenvalue weighted by molar-refractivity contribution is 7.99. The summed E-state index contributed by atoms with van der Waals surface area (Å²) in [5, 5.41) is 11.7. The Labute approximate surface area is 129 Å². The van der Waals surface area contributed by atoms with Gasteiger partial charge in [0.15, 0.2) is 0 Å². The molecule has 1 atom stereocenters. The number of aliphatic hydroxyl groups excluding tert-OH is 1. The van der Waals surface area contributed by atoms with E-state index in [1.54, 1.807) is 30.2 Å². The first-order chi connectivity index (χ1) is 10.3. The van der Waals surface area contributed by atoms with E-state index in [9.17, 15) is 4.79 Å². The van der Waals surface area contributed by atoms with E-state index in [-0.39, 0.29) is 18.6 Å². The van der Waals surface area contributed by atoms with Crippen LogP contribution in [0, 0.1) is 0 Å². The van der Waals surface area contributed by atoms with Crippen LogP contribution < -0.4 is 10.2 Å². The number of hydrogen-bond acceptors (Lipinski definition) is 6. The molecule has 1 aliphatic rings. The molecule has 1 unspecified atom stereocenters. The minimum absolute atomic E-state index is 0.0581. The summed E-state index contributed by atoms with van der Waals surface area (Å²) in [6.45, 7) is 1.72. The molecule has 1 amide bonds. The molecule has 7 heteroatoms. The van der Waals surface area contributed by atoms with Crippen molar-refractivity contribution in [3.8, 4) is 0 Å². The van der Waals surface area contributed by atoms with Gasteiger partial charge in [-0.2, -0.15) is 11.8 Å². The van der Waals surface area contributed by atoms with Gasteiger partial charge in [-0.25, -0.2) is 9.97 Å². The molecule has 2 rings (SSSR count). The van der Waals surface area contributed by atoms with Gasteiger partial charge in [0.2, 0.25) is 11.9 Å². The zero-order valence-corrected chi connectivity index (χ0v) is 12.9. The lowest BCUT2D eigenvalue weighted by Gasteiger charge is -2.23. The van der Waals surface area contributed by atoms with Gasteiger partial charge < -0.3 is 15.3 Å². The van der Waals surface area contributed by atoms with Crippen LogP contribution in [0.3, 0.4) is 0 Å². The van der Waals surface area contributed by atoms with Gasteiger partial charge in [-0.3, -0.25) is 4.79 Å². The Bertz CT molecular complexity index is 432. The lowest BCUT2D eigenvalue weighted by molar-refractivity contribution is -0.122. The summed E-state index contributed by atoms with van der Waals surface area (Å²) in [6, 6.07) is 1.62. The molecular weight excluding hydrogens is 288 g/mol. The lowest BCUT2D eigenvalue weighted by atomic mass is 10.2. The Kier molecular flexibility index (Phi) is 6.75. The summed E-state index contributed by atoms with van der Waals surface area (Å²) in [4.78, 5) is 22.7. The van der Waals surface area contributed by atoms with Crippen LogP contribution >= 0.6 is 11.8 Å². The number of aliphatic hydroxyl groups is 1. The zero-order chi connectivity index (χ0) is 14.9. The molecule has 2 heterocycles. The Hall–Kier alpha value is -1.34. The minimum atomic E-state index is -0.158. The molecule has 0 bridgehead atoms. The zero-order valence-electron chi connectivity index (χ0n) is 12.1. The smallest absolute Gasteiger partial charge is 0.242 e. The van der Waals surface area contributed by atoms with Crippen LogP contribution in [0.25, 0.3) is 0 Å². The summed E-state index contributed by atoms with van der Waals surface area (Å²) < 4.78 is 0. The van der Waals surface area contributed by atoms with Crippen LogP contribution in [-0.2, 0) is 4.79 Å². The van der Waals surface area contributed by atoms with Crippen LogP contribution in [0.2, 0.25) is 0 Å². The second kappa shape index (κ2) is 8.84. The van der Waals surface area contributed by atoms with Gasteiger partial charge in [0.05, 0.1) is 0 Å². The Morgan fingerprint density at radius 3 is 3.00 bits per heavy atom. The Balaban J connectivity index is 1.76. The van der Waals surface area contributed by atoms with Gasteiger partial charge in [0.1, 0.15) is 6.04 Å². The molecule has 0 aromatic carbocycles. The number of amides is 1. The van der Waals surface area contributed by atoms with Crippen molar-refractivity contribution in [2.24, 2.45) is 0 Å². The third kappa shape index (κ3) is 4.86. The summed E-state index contributed by atoms with van der Waals surface area (Å²) in [5.74, 6) is 2.50. The molecule has 0 radical (unpaired) electrons. The fourth-order valence-corrected chi connectivity index (χ4v) is 3.13. The first-order valence-electron chi connectivity index (χ1n) is 7.33. The van der Waals surface area contributed by atoms with Crippen molar-refractivity contribution in [3.63, 3.8) is 0 Å². The molecule has 1 aromatic rings. The third-order valence-electron chi connectivity index (χ3n) is 3.36. The van der Waals surface area contributed by atoms with Crippen molar-refractivity contribution < 1.29 is 9.90 Å². The molecule has 6 nitrogen and oxygen atoms in total. The number of aromatic nitrogens is 2. The maximum absolute atomic E-state index is 12.3. The molecule has 0 aliphatic carbocycles. The highest BCUT2D eigenvalue weighted by Crippen LogP contribution is 2.21. The number of rotatable bonds is 8. The Morgan fingerprint density at radius 1 is 1.43 bits per heavy atom. The number of nitrogens with one attached hydrogen (secondary N) is 1. The highest BCUT2D eigenvalue weighted by atomic mass is 32.2. The van der Waals surface area contributed by atoms with Crippen LogP contribution in [0.4, 0.5) is 5.95 Å². The number of thioether (sulfide) groups is 1. The van der Waals surface area contributed by atoms with E-state index in [2.05, 4.69) is 15.3 Å². The maximum atomic E-state index is 12.3. The quantitative estimate of drug-likeness (QED) is 0.688. The molecule has 1 fully saturated rings.